The summed E-state index contributed by atoms with van der Waals surface area (Å²) in [5.41, 5.74) is 3.52. The van der Waals surface area contributed by atoms with Crippen LogP contribution in [-0.4, -0.2) is 47.7 Å². The SMILES string of the molecule is CCOC(=O)c1c(C)[nH]c(C(=O)CN(Cc2ccc(C(=O)NC)cc2)Cc2ccco2)c1C. The summed E-state index contributed by atoms with van der Waals surface area (Å²) in [5, 5.41) is 2.60. The third kappa shape index (κ3) is 5.78. The number of carbonyl (C=O) groups is 3. The molecule has 2 heterocycles. The average molecular weight is 452 g/mol. The van der Waals surface area contributed by atoms with E-state index in [1.807, 2.05) is 23.1 Å². The van der Waals surface area contributed by atoms with Gasteiger partial charge in [-0.15, -0.1) is 0 Å². The molecular weight excluding hydrogens is 422 g/mol. The summed E-state index contributed by atoms with van der Waals surface area (Å²) in [7, 11) is 1.59. The Kier molecular flexibility index (Phi) is 7.84. The van der Waals surface area contributed by atoms with Crippen molar-refractivity contribution in [3.8, 4) is 0 Å². The zero-order valence-corrected chi connectivity index (χ0v) is 19.4. The predicted octanol–water partition coefficient (Wildman–Crippen LogP) is 3.65. The van der Waals surface area contributed by atoms with E-state index in [1.165, 1.54) is 0 Å². The van der Waals surface area contributed by atoms with Gasteiger partial charge in [0.1, 0.15) is 5.76 Å². The third-order valence-corrected chi connectivity index (χ3v) is 5.37. The highest BCUT2D eigenvalue weighted by Crippen LogP contribution is 2.21. The molecular formula is C25H29N3O5. The van der Waals surface area contributed by atoms with Crippen molar-refractivity contribution in [2.75, 3.05) is 20.2 Å². The largest absolute Gasteiger partial charge is 0.468 e. The van der Waals surface area contributed by atoms with Gasteiger partial charge in [0.2, 0.25) is 0 Å². The van der Waals surface area contributed by atoms with E-state index in [4.69, 9.17) is 9.15 Å². The second-order valence-corrected chi connectivity index (χ2v) is 7.77. The monoisotopic (exact) mass is 451 g/mol. The second kappa shape index (κ2) is 10.8. The first-order valence-electron chi connectivity index (χ1n) is 10.8. The van der Waals surface area contributed by atoms with Gasteiger partial charge in [0.05, 0.1) is 37.2 Å². The summed E-state index contributed by atoms with van der Waals surface area (Å²) in [4.78, 5) is 42.3. The van der Waals surface area contributed by atoms with E-state index < -0.39 is 5.97 Å². The Hall–Kier alpha value is -3.65. The number of esters is 1. The molecule has 3 rings (SSSR count). The van der Waals surface area contributed by atoms with E-state index in [2.05, 4.69) is 10.3 Å². The van der Waals surface area contributed by atoms with Crippen molar-refractivity contribution in [1.82, 2.24) is 15.2 Å². The van der Waals surface area contributed by atoms with Gasteiger partial charge in [-0.2, -0.15) is 0 Å². The number of hydrogen-bond acceptors (Lipinski definition) is 6. The molecule has 0 saturated heterocycles. The van der Waals surface area contributed by atoms with Gasteiger partial charge in [-0.05, 0) is 56.2 Å². The molecule has 0 atom stereocenters. The maximum absolute atomic E-state index is 13.2. The number of Topliss-reactive ketones (excluding diaryl/α,β-unsaturated/α-hetero) is 1. The lowest BCUT2D eigenvalue weighted by Gasteiger charge is -2.21. The molecule has 8 nitrogen and oxygen atoms in total. The normalized spacial score (nSPS) is 10.9. The fourth-order valence-corrected chi connectivity index (χ4v) is 3.78. The molecule has 1 amide bonds. The molecule has 0 aliphatic carbocycles. The Bertz CT molecular complexity index is 1110. The summed E-state index contributed by atoms with van der Waals surface area (Å²) >= 11 is 0. The average Bonchev–Trinajstić information content (AvgIpc) is 3.41. The highest BCUT2D eigenvalue weighted by Gasteiger charge is 2.24. The lowest BCUT2D eigenvalue weighted by atomic mass is 10.1. The fraction of sp³-hybridized carbons (Fsp3) is 0.320. The molecule has 2 N–H and O–H groups in total. The Morgan fingerprint density at radius 3 is 2.42 bits per heavy atom. The van der Waals surface area contributed by atoms with E-state index in [1.54, 1.807) is 52.3 Å². The molecule has 33 heavy (non-hydrogen) atoms. The zero-order chi connectivity index (χ0) is 24.0. The van der Waals surface area contributed by atoms with Crippen LogP contribution in [0.25, 0.3) is 0 Å². The Morgan fingerprint density at radius 1 is 1.09 bits per heavy atom. The van der Waals surface area contributed by atoms with Crippen LogP contribution in [0, 0.1) is 13.8 Å². The van der Waals surface area contributed by atoms with Crippen LogP contribution in [-0.2, 0) is 17.8 Å². The lowest BCUT2D eigenvalue weighted by Crippen LogP contribution is -2.29. The van der Waals surface area contributed by atoms with E-state index in [0.717, 1.165) is 11.3 Å². The van der Waals surface area contributed by atoms with Gasteiger partial charge in [0.25, 0.3) is 5.91 Å². The second-order valence-electron chi connectivity index (χ2n) is 7.77. The van der Waals surface area contributed by atoms with Crippen molar-refractivity contribution in [2.45, 2.75) is 33.9 Å². The number of furan rings is 1. The first-order valence-corrected chi connectivity index (χ1v) is 10.8. The Labute approximate surface area is 192 Å². The maximum atomic E-state index is 13.2. The standard InChI is InChI=1S/C25H29N3O5/c1-5-32-25(31)22-16(2)23(27-17(22)3)21(29)15-28(14-20-7-6-12-33-20)13-18-8-10-19(11-9-18)24(30)26-4/h6-12,27H,5,13-15H2,1-4H3,(H,26,30). The van der Waals surface area contributed by atoms with Crippen LogP contribution in [0.3, 0.4) is 0 Å². The van der Waals surface area contributed by atoms with Gasteiger partial charge in [-0.3, -0.25) is 14.5 Å². The van der Waals surface area contributed by atoms with Crippen LogP contribution in [0.4, 0.5) is 0 Å². The van der Waals surface area contributed by atoms with Crippen molar-refractivity contribution < 1.29 is 23.5 Å². The Balaban J connectivity index is 1.80. The molecule has 0 aliphatic rings. The predicted molar refractivity (Wildman–Crippen MR) is 123 cm³/mol. The van der Waals surface area contributed by atoms with Crippen molar-refractivity contribution in [3.63, 3.8) is 0 Å². The summed E-state index contributed by atoms with van der Waals surface area (Å²) in [6.07, 6.45) is 1.59. The van der Waals surface area contributed by atoms with E-state index >= 15 is 0 Å². The van der Waals surface area contributed by atoms with E-state index in [0.29, 0.717) is 41.2 Å². The van der Waals surface area contributed by atoms with Crippen LogP contribution >= 0.6 is 0 Å². The number of amides is 1. The minimum Gasteiger partial charge on any atom is -0.468 e. The Morgan fingerprint density at radius 2 is 1.82 bits per heavy atom. The number of carbonyl (C=O) groups excluding carboxylic acids is 3. The van der Waals surface area contributed by atoms with Crippen molar-refractivity contribution >= 4 is 17.7 Å². The molecule has 174 valence electrons. The van der Waals surface area contributed by atoms with E-state index in [9.17, 15) is 14.4 Å². The van der Waals surface area contributed by atoms with Gasteiger partial charge in [-0.1, -0.05) is 12.1 Å². The summed E-state index contributed by atoms with van der Waals surface area (Å²) in [6.45, 7) is 6.53. The number of rotatable bonds is 10. The minimum absolute atomic E-state index is 0.112. The number of ketones is 1. The summed E-state index contributed by atoms with van der Waals surface area (Å²) in [5.74, 6) is 0.00155. The lowest BCUT2D eigenvalue weighted by molar-refractivity contribution is 0.0524. The first-order chi connectivity index (χ1) is 15.8. The molecule has 1 aromatic carbocycles. The van der Waals surface area contributed by atoms with Crippen molar-refractivity contribution in [1.29, 1.82) is 0 Å². The van der Waals surface area contributed by atoms with Crippen LogP contribution < -0.4 is 5.32 Å². The smallest absolute Gasteiger partial charge is 0.340 e. The van der Waals surface area contributed by atoms with Gasteiger partial charge < -0.3 is 19.5 Å². The number of aromatic nitrogens is 1. The summed E-state index contributed by atoms with van der Waals surface area (Å²) < 4.78 is 10.6. The van der Waals surface area contributed by atoms with Gasteiger partial charge >= 0.3 is 5.97 Å². The van der Waals surface area contributed by atoms with Crippen LogP contribution in [0.5, 0.6) is 0 Å². The molecule has 0 fully saturated rings. The number of nitrogens with one attached hydrogen (secondary N) is 2. The molecule has 0 saturated carbocycles. The number of aromatic amines is 1. The van der Waals surface area contributed by atoms with Crippen molar-refractivity contribution in [2.24, 2.45) is 0 Å². The molecule has 3 aromatic rings. The van der Waals surface area contributed by atoms with Crippen molar-refractivity contribution in [3.05, 3.63) is 82.1 Å². The first kappa shape index (κ1) is 24.0. The molecule has 0 unspecified atom stereocenters. The highest BCUT2D eigenvalue weighted by molar-refractivity contribution is 6.02. The molecule has 0 bridgehead atoms. The topological polar surface area (TPSA) is 105 Å². The number of aryl methyl sites for hydroxylation is 1. The minimum atomic E-state index is -0.438. The molecule has 0 spiro atoms. The number of hydrogen-bond donors (Lipinski definition) is 2. The van der Waals surface area contributed by atoms with Gasteiger partial charge in [0.15, 0.2) is 5.78 Å². The van der Waals surface area contributed by atoms with E-state index in [-0.39, 0.29) is 24.8 Å². The fourth-order valence-electron chi connectivity index (χ4n) is 3.78. The molecule has 8 heteroatoms. The highest BCUT2D eigenvalue weighted by atomic mass is 16.5. The number of nitrogens with zero attached hydrogens (tertiary/aromatic N) is 1. The number of benzene rings is 1. The van der Waals surface area contributed by atoms with Gasteiger partial charge in [0, 0.05) is 24.8 Å². The number of H-pyrrole nitrogens is 1. The molecule has 2 aromatic heterocycles. The quantitative estimate of drug-likeness (QED) is 0.360. The van der Waals surface area contributed by atoms with Crippen LogP contribution in [0.15, 0.2) is 47.1 Å². The van der Waals surface area contributed by atoms with Gasteiger partial charge in [-0.25, -0.2) is 4.79 Å². The molecule has 0 aliphatic heterocycles. The molecule has 0 radical (unpaired) electrons. The van der Waals surface area contributed by atoms with Crippen LogP contribution in [0.2, 0.25) is 0 Å². The zero-order valence-electron chi connectivity index (χ0n) is 19.4. The summed E-state index contributed by atoms with van der Waals surface area (Å²) in [6, 6.07) is 10.9. The maximum Gasteiger partial charge on any atom is 0.340 e. The third-order valence-electron chi connectivity index (χ3n) is 5.37. The number of ether oxygens (including phenoxy) is 1. The van der Waals surface area contributed by atoms with Crippen LogP contribution in [0.1, 0.15) is 60.7 Å².